The van der Waals surface area contributed by atoms with Crippen molar-refractivity contribution in [2.45, 2.75) is 107 Å². The van der Waals surface area contributed by atoms with Crippen LogP contribution in [0.2, 0.25) is 0 Å². The molecule has 2 N–H and O–H groups in total. The lowest BCUT2D eigenvalue weighted by Gasteiger charge is -2.65. The Labute approximate surface area is 341 Å². The molecule has 6 aliphatic rings. The zero-order valence-corrected chi connectivity index (χ0v) is 35.2. The second-order valence-electron chi connectivity index (χ2n) is 18.3. The molecule has 3 aromatic rings. The smallest absolute Gasteiger partial charge is 0.344 e. The van der Waals surface area contributed by atoms with E-state index in [0.29, 0.717) is 37.4 Å². The van der Waals surface area contributed by atoms with E-state index in [2.05, 4.69) is 52.9 Å². The number of esters is 3. The number of hydrogen-bond acceptors (Lipinski definition) is 11. The molecule has 0 radical (unpaired) electrons. The number of para-hydroxylation sites is 1. The number of likely N-dealkylation sites (N-methyl/N-ethyl adjacent to an activating group) is 1. The van der Waals surface area contributed by atoms with Crippen LogP contribution in [0.5, 0.6) is 5.75 Å². The second kappa shape index (κ2) is 14.0. The van der Waals surface area contributed by atoms with Gasteiger partial charge >= 0.3 is 17.9 Å². The summed E-state index contributed by atoms with van der Waals surface area (Å²) in [5.41, 5.74) is 0.346. The lowest BCUT2D eigenvalue weighted by molar-refractivity contribution is -0.242. The summed E-state index contributed by atoms with van der Waals surface area (Å²) >= 11 is 0. The molecular weight excluding hydrogens is 737 g/mol. The number of H-pyrrole nitrogens is 1. The van der Waals surface area contributed by atoms with Gasteiger partial charge in [0, 0.05) is 84.4 Å². The average Bonchev–Trinajstić information content (AvgIpc) is 3.89. The molecule has 1 spiro atoms. The summed E-state index contributed by atoms with van der Waals surface area (Å²) in [6.45, 7) is 10.1. The molecule has 58 heavy (non-hydrogen) atoms. The number of hydrogen-bond donors (Lipinski definition) is 2. The molecule has 2 aromatic carbocycles. The van der Waals surface area contributed by atoms with Crippen molar-refractivity contribution >= 4 is 34.5 Å². The standard InChI is InChI=1S/C46H60N4O8/c1-8-28-21-29-24-45(41(52)56-6,37-31(15-19-49(25-28)26-29)30-13-10-11-14-34(30)47-37)33-22-32-35(23-36(33)55-5)48(4)39-44(32)17-20-50-18-12-16-43(9-2,38(44)50)40(58-27(3)51)46(39,54)42(53)57-7/h10-11,13-14,22-23,28-29,38-40,47,54H,8-9,12,15-21,24-26H2,1-7H3. The van der Waals surface area contributed by atoms with Crippen LogP contribution in [0.1, 0.15) is 88.1 Å². The highest BCUT2D eigenvalue weighted by molar-refractivity contribution is 5.95. The number of anilines is 1. The molecule has 4 fully saturated rings. The van der Waals surface area contributed by atoms with Gasteiger partial charge in [0.15, 0.2) is 6.10 Å². The molecule has 1 saturated carbocycles. The fourth-order valence-corrected chi connectivity index (χ4v) is 14.0. The van der Waals surface area contributed by atoms with E-state index in [1.54, 1.807) is 7.11 Å². The molecule has 10 atom stereocenters. The number of aromatic nitrogens is 1. The molecule has 2 bridgehead atoms. The molecule has 6 heterocycles. The van der Waals surface area contributed by atoms with Gasteiger partial charge in [-0.1, -0.05) is 38.5 Å². The summed E-state index contributed by atoms with van der Waals surface area (Å²) < 4.78 is 24.1. The van der Waals surface area contributed by atoms with E-state index < -0.39 is 45.9 Å². The van der Waals surface area contributed by atoms with Crippen LogP contribution in [-0.2, 0) is 45.8 Å². The number of fused-ring (bicyclic) bond motifs is 6. The lowest BCUT2D eigenvalue weighted by atomic mass is 9.46. The molecule has 10 unspecified atom stereocenters. The topological polar surface area (TPSA) is 134 Å². The zero-order chi connectivity index (χ0) is 40.9. The molecule has 3 saturated heterocycles. The van der Waals surface area contributed by atoms with Crippen LogP contribution in [0, 0.1) is 17.3 Å². The molecule has 1 aliphatic carbocycles. The second-order valence-corrected chi connectivity index (χ2v) is 18.3. The maximum atomic E-state index is 15.3. The van der Waals surface area contributed by atoms with E-state index in [9.17, 15) is 14.7 Å². The van der Waals surface area contributed by atoms with Crippen molar-refractivity contribution in [3.05, 3.63) is 58.8 Å². The Hall–Kier alpha value is -4.13. The number of piperidine rings is 2. The van der Waals surface area contributed by atoms with Crippen LogP contribution in [-0.4, -0.2) is 123 Å². The Morgan fingerprint density at radius 1 is 0.948 bits per heavy atom. The largest absolute Gasteiger partial charge is 0.496 e. The van der Waals surface area contributed by atoms with E-state index in [1.165, 1.54) is 21.1 Å². The third kappa shape index (κ3) is 5.06. The van der Waals surface area contributed by atoms with Gasteiger partial charge in [-0.05, 0) is 93.1 Å². The van der Waals surface area contributed by atoms with Crippen LogP contribution < -0.4 is 9.64 Å². The zero-order valence-electron chi connectivity index (χ0n) is 35.2. The summed E-state index contributed by atoms with van der Waals surface area (Å²) in [5.74, 6) is -0.470. The van der Waals surface area contributed by atoms with E-state index in [1.807, 2.05) is 24.1 Å². The molecule has 5 aliphatic heterocycles. The summed E-state index contributed by atoms with van der Waals surface area (Å²) in [5, 5.41) is 14.5. The normalized spacial score (nSPS) is 36.4. The minimum atomic E-state index is -2.22. The fraction of sp³-hybridized carbons (Fsp3) is 0.630. The Balaban J connectivity index is 1.36. The van der Waals surface area contributed by atoms with Crippen LogP contribution in [0.4, 0.5) is 5.69 Å². The van der Waals surface area contributed by atoms with Gasteiger partial charge in [0.25, 0.3) is 0 Å². The van der Waals surface area contributed by atoms with Crippen molar-refractivity contribution in [2.75, 3.05) is 66.0 Å². The molecular formula is C46H60N4O8. The molecule has 312 valence electrons. The number of benzene rings is 2. The van der Waals surface area contributed by atoms with Gasteiger partial charge in [-0.3, -0.25) is 14.5 Å². The summed E-state index contributed by atoms with van der Waals surface area (Å²) in [6, 6.07) is 11.5. The lowest BCUT2D eigenvalue weighted by Crippen LogP contribution is -2.82. The van der Waals surface area contributed by atoms with Crippen molar-refractivity contribution < 1.29 is 38.4 Å². The van der Waals surface area contributed by atoms with E-state index >= 15 is 4.79 Å². The SMILES string of the molecule is CCC1CC2CN(CCc3c([nH]c4ccccc34)C(C(=O)OC)(c3cc4c(cc3OC)N(C)C3C(O)(C(=O)OC)C(OC(C)=O)C5(CC)CCCN6CCC43C65)C2)C1. The van der Waals surface area contributed by atoms with Crippen molar-refractivity contribution in [3.63, 3.8) is 0 Å². The van der Waals surface area contributed by atoms with Gasteiger partial charge in [0.05, 0.1) is 27.4 Å². The number of ether oxygens (including phenoxy) is 4. The summed E-state index contributed by atoms with van der Waals surface area (Å²) in [7, 11) is 6.34. The molecule has 12 nitrogen and oxygen atoms in total. The molecule has 12 heteroatoms. The number of aliphatic hydroxyl groups is 1. The number of rotatable bonds is 7. The first kappa shape index (κ1) is 39.3. The maximum absolute atomic E-state index is 15.3. The predicted molar refractivity (Wildman–Crippen MR) is 219 cm³/mol. The number of methoxy groups -OCH3 is 3. The van der Waals surface area contributed by atoms with Gasteiger partial charge < -0.3 is 38.8 Å². The number of carbonyl (C=O) groups excluding carboxylic acids is 3. The highest BCUT2D eigenvalue weighted by Crippen LogP contribution is 2.69. The predicted octanol–water partition coefficient (Wildman–Crippen LogP) is 5.10. The third-order valence-corrected chi connectivity index (χ3v) is 15.9. The first-order valence-corrected chi connectivity index (χ1v) is 21.5. The first-order valence-electron chi connectivity index (χ1n) is 21.5. The van der Waals surface area contributed by atoms with Gasteiger partial charge in [0.2, 0.25) is 5.60 Å². The van der Waals surface area contributed by atoms with Crippen molar-refractivity contribution in [2.24, 2.45) is 17.3 Å². The number of carbonyl (C=O) groups is 3. The highest BCUT2D eigenvalue weighted by atomic mass is 16.6. The maximum Gasteiger partial charge on any atom is 0.344 e. The third-order valence-electron chi connectivity index (χ3n) is 15.9. The van der Waals surface area contributed by atoms with Crippen LogP contribution in [0.3, 0.4) is 0 Å². The van der Waals surface area contributed by atoms with E-state index in [4.69, 9.17) is 18.9 Å². The van der Waals surface area contributed by atoms with Crippen molar-refractivity contribution in [1.29, 1.82) is 0 Å². The van der Waals surface area contributed by atoms with Gasteiger partial charge in [-0.25, -0.2) is 4.79 Å². The minimum absolute atomic E-state index is 0.182. The molecule has 1 aromatic heterocycles. The average molecular weight is 797 g/mol. The summed E-state index contributed by atoms with van der Waals surface area (Å²) in [4.78, 5) is 53.7. The van der Waals surface area contributed by atoms with Crippen LogP contribution >= 0.6 is 0 Å². The minimum Gasteiger partial charge on any atom is -0.496 e. The van der Waals surface area contributed by atoms with E-state index in [-0.39, 0.29) is 17.9 Å². The quantitative estimate of drug-likeness (QED) is 0.245. The first-order chi connectivity index (χ1) is 27.9. The molecule has 0 amide bonds. The van der Waals surface area contributed by atoms with E-state index in [0.717, 1.165) is 97.4 Å². The van der Waals surface area contributed by atoms with Gasteiger partial charge in [-0.2, -0.15) is 0 Å². The number of aromatic amines is 1. The summed E-state index contributed by atoms with van der Waals surface area (Å²) in [6.07, 6.45) is 4.93. The van der Waals surface area contributed by atoms with Crippen molar-refractivity contribution in [1.82, 2.24) is 14.8 Å². The Kier molecular flexibility index (Phi) is 9.48. The molecule has 9 rings (SSSR count). The Bertz CT molecular complexity index is 2150. The highest BCUT2D eigenvalue weighted by Gasteiger charge is 2.81. The monoisotopic (exact) mass is 796 g/mol. The number of nitrogens with one attached hydrogen (secondary N) is 1. The van der Waals surface area contributed by atoms with Gasteiger partial charge in [0.1, 0.15) is 11.2 Å². The Morgan fingerprint density at radius 3 is 2.43 bits per heavy atom. The van der Waals surface area contributed by atoms with Gasteiger partial charge in [-0.15, -0.1) is 0 Å². The number of nitrogens with zero attached hydrogens (tertiary/aromatic N) is 3. The van der Waals surface area contributed by atoms with Crippen molar-refractivity contribution in [3.8, 4) is 5.75 Å². The Morgan fingerprint density at radius 2 is 1.72 bits per heavy atom. The van der Waals surface area contributed by atoms with Crippen LogP contribution in [0.15, 0.2) is 36.4 Å². The van der Waals surface area contributed by atoms with Crippen LogP contribution in [0.25, 0.3) is 10.9 Å². The fourth-order valence-electron chi connectivity index (χ4n) is 14.0.